The van der Waals surface area contributed by atoms with Crippen LogP contribution < -0.4 is 5.32 Å². The predicted molar refractivity (Wildman–Crippen MR) is 116 cm³/mol. The first-order valence-corrected chi connectivity index (χ1v) is 11.9. The lowest BCUT2D eigenvalue weighted by atomic mass is 9.89. The largest absolute Gasteiger partial charge is 0.316 e. The van der Waals surface area contributed by atoms with E-state index in [9.17, 15) is 10.1 Å². The summed E-state index contributed by atoms with van der Waals surface area (Å²) in [6.45, 7) is 4.35. The van der Waals surface area contributed by atoms with Crippen LogP contribution in [0.3, 0.4) is 0 Å². The number of aryl methyl sites for hydroxylation is 1. The Kier molecular flexibility index (Phi) is 5.67. The SMILES string of the molecule is CCc1cc2c(SCC(=O)Nc3sc4c(c3C#N)CCC(C)C4)ncnc2s1. The van der Waals surface area contributed by atoms with Crippen LogP contribution in [0.2, 0.25) is 0 Å². The van der Waals surface area contributed by atoms with Crippen molar-refractivity contribution in [3.63, 3.8) is 0 Å². The predicted octanol–water partition coefficient (Wildman–Crippen LogP) is 5.04. The van der Waals surface area contributed by atoms with E-state index in [1.54, 1.807) is 29.0 Å². The van der Waals surface area contributed by atoms with Crippen molar-refractivity contribution in [1.82, 2.24) is 9.97 Å². The number of hydrogen-bond acceptors (Lipinski definition) is 7. The molecule has 0 aromatic carbocycles. The lowest BCUT2D eigenvalue weighted by molar-refractivity contribution is -0.113. The van der Waals surface area contributed by atoms with Crippen molar-refractivity contribution in [2.75, 3.05) is 11.1 Å². The van der Waals surface area contributed by atoms with Crippen molar-refractivity contribution >= 4 is 55.6 Å². The van der Waals surface area contributed by atoms with E-state index < -0.39 is 0 Å². The fourth-order valence-electron chi connectivity index (χ4n) is 3.43. The van der Waals surface area contributed by atoms with E-state index in [0.717, 1.165) is 46.5 Å². The third-order valence-corrected chi connectivity index (χ3v) is 8.27. The van der Waals surface area contributed by atoms with Crippen molar-refractivity contribution in [3.05, 3.63) is 33.3 Å². The first kappa shape index (κ1) is 19.4. The number of fused-ring (bicyclic) bond motifs is 2. The highest BCUT2D eigenvalue weighted by Crippen LogP contribution is 2.39. The Morgan fingerprint density at radius 3 is 3.07 bits per heavy atom. The molecule has 3 aromatic rings. The van der Waals surface area contributed by atoms with Gasteiger partial charge in [-0.15, -0.1) is 22.7 Å². The van der Waals surface area contributed by atoms with Crippen LogP contribution >= 0.6 is 34.4 Å². The van der Waals surface area contributed by atoms with Crippen LogP contribution in [0.15, 0.2) is 17.4 Å². The Balaban J connectivity index is 1.47. The summed E-state index contributed by atoms with van der Waals surface area (Å²) in [6.07, 6.45) is 5.55. The lowest BCUT2D eigenvalue weighted by Crippen LogP contribution is -2.14. The first-order valence-electron chi connectivity index (χ1n) is 9.29. The number of carbonyl (C=O) groups excluding carboxylic acids is 1. The number of thioether (sulfide) groups is 1. The average Bonchev–Trinajstić information content (AvgIpc) is 3.26. The molecule has 0 fully saturated rings. The minimum absolute atomic E-state index is 0.106. The van der Waals surface area contributed by atoms with Gasteiger partial charge in [-0.3, -0.25) is 4.79 Å². The highest BCUT2D eigenvalue weighted by Gasteiger charge is 2.24. The second-order valence-corrected chi connectivity index (χ2v) is 10.2. The lowest BCUT2D eigenvalue weighted by Gasteiger charge is -2.17. The molecule has 5 nitrogen and oxygen atoms in total. The van der Waals surface area contributed by atoms with Crippen molar-refractivity contribution < 1.29 is 4.79 Å². The fourth-order valence-corrected chi connectivity index (χ4v) is 6.58. The molecule has 1 aliphatic rings. The summed E-state index contributed by atoms with van der Waals surface area (Å²) in [4.78, 5) is 24.7. The van der Waals surface area contributed by atoms with Crippen molar-refractivity contribution in [2.24, 2.45) is 5.92 Å². The minimum atomic E-state index is -0.106. The number of nitrogens with zero attached hydrogens (tertiary/aromatic N) is 3. The van der Waals surface area contributed by atoms with E-state index in [1.807, 2.05) is 0 Å². The van der Waals surface area contributed by atoms with Crippen LogP contribution in [0.1, 0.15) is 41.1 Å². The zero-order chi connectivity index (χ0) is 19.7. The van der Waals surface area contributed by atoms with Gasteiger partial charge in [0.1, 0.15) is 27.3 Å². The zero-order valence-electron chi connectivity index (χ0n) is 15.7. The van der Waals surface area contributed by atoms with Gasteiger partial charge in [0.2, 0.25) is 5.91 Å². The van der Waals surface area contributed by atoms with Crippen LogP contribution in [0.4, 0.5) is 5.00 Å². The highest BCUT2D eigenvalue weighted by atomic mass is 32.2. The van der Waals surface area contributed by atoms with Crippen LogP contribution in [-0.2, 0) is 24.1 Å². The standard InChI is InChI=1S/C20H20N4OS3/c1-3-12-7-14-18(22-10-23-19(14)27-12)26-9-17(25)24-20-15(8-21)13-5-4-11(2)6-16(13)28-20/h7,10-11H,3-6,9H2,1-2H3,(H,24,25). The summed E-state index contributed by atoms with van der Waals surface area (Å²) in [5.41, 5.74) is 1.79. The smallest absolute Gasteiger partial charge is 0.235 e. The second kappa shape index (κ2) is 8.19. The molecule has 0 aliphatic heterocycles. The van der Waals surface area contributed by atoms with E-state index in [2.05, 4.69) is 41.3 Å². The molecule has 0 bridgehead atoms. The highest BCUT2D eigenvalue weighted by molar-refractivity contribution is 8.00. The van der Waals surface area contributed by atoms with Gasteiger partial charge in [0.25, 0.3) is 0 Å². The van der Waals surface area contributed by atoms with E-state index in [0.29, 0.717) is 16.5 Å². The monoisotopic (exact) mass is 428 g/mol. The van der Waals surface area contributed by atoms with E-state index in [1.165, 1.54) is 21.5 Å². The maximum absolute atomic E-state index is 12.6. The number of aromatic nitrogens is 2. The van der Waals surface area contributed by atoms with Gasteiger partial charge in [-0.1, -0.05) is 25.6 Å². The van der Waals surface area contributed by atoms with Gasteiger partial charge in [0.05, 0.1) is 11.3 Å². The van der Waals surface area contributed by atoms with Crippen LogP contribution in [-0.4, -0.2) is 21.6 Å². The molecule has 3 aromatic heterocycles. The van der Waals surface area contributed by atoms with Crippen LogP contribution in [0, 0.1) is 17.2 Å². The van der Waals surface area contributed by atoms with Crippen LogP contribution in [0.5, 0.6) is 0 Å². The minimum Gasteiger partial charge on any atom is -0.316 e. The number of thiophene rings is 2. The van der Waals surface area contributed by atoms with E-state index in [4.69, 9.17) is 0 Å². The Morgan fingerprint density at radius 1 is 1.43 bits per heavy atom. The Morgan fingerprint density at radius 2 is 2.29 bits per heavy atom. The van der Waals surface area contributed by atoms with Gasteiger partial charge in [-0.25, -0.2) is 9.97 Å². The number of amides is 1. The molecule has 0 saturated carbocycles. The molecule has 3 heterocycles. The Hall–Kier alpha value is -1.95. The third-order valence-electron chi connectivity index (χ3n) is 4.91. The molecule has 1 unspecified atom stereocenters. The molecule has 0 radical (unpaired) electrons. The van der Waals surface area contributed by atoms with Gasteiger partial charge in [0, 0.05) is 15.1 Å². The average molecular weight is 429 g/mol. The van der Waals surface area contributed by atoms with Gasteiger partial charge in [-0.05, 0) is 43.2 Å². The number of hydrogen-bond donors (Lipinski definition) is 1. The summed E-state index contributed by atoms with van der Waals surface area (Å²) in [6, 6.07) is 4.41. The number of anilines is 1. The van der Waals surface area contributed by atoms with Crippen molar-refractivity contribution in [2.45, 2.75) is 44.6 Å². The number of rotatable bonds is 5. The molecule has 0 spiro atoms. The first-order chi connectivity index (χ1) is 13.6. The second-order valence-electron chi connectivity index (χ2n) is 6.97. The summed E-state index contributed by atoms with van der Waals surface area (Å²) < 4.78 is 0. The normalized spacial score (nSPS) is 16.0. The molecular weight excluding hydrogens is 408 g/mol. The Labute approximate surface area is 176 Å². The number of nitriles is 1. The fraction of sp³-hybridized carbons (Fsp3) is 0.400. The summed E-state index contributed by atoms with van der Waals surface area (Å²) in [5.74, 6) is 0.786. The molecule has 1 atom stereocenters. The van der Waals surface area contributed by atoms with Gasteiger partial charge >= 0.3 is 0 Å². The number of nitrogens with one attached hydrogen (secondary N) is 1. The quantitative estimate of drug-likeness (QED) is 0.455. The Bertz CT molecular complexity index is 1080. The molecule has 144 valence electrons. The summed E-state index contributed by atoms with van der Waals surface area (Å²) >= 11 is 4.65. The topological polar surface area (TPSA) is 78.7 Å². The number of carbonyl (C=O) groups is 1. The van der Waals surface area contributed by atoms with Gasteiger partial charge in [-0.2, -0.15) is 5.26 Å². The van der Waals surface area contributed by atoms with Crippen LogP contribution in [0.25, 0.3) is 10.2 Å². The summed E-state index contributed by atoms with van der Waals surface area (Å²) in [5, 5.41) is 15.1. The maximum atomic E-state index is 12.6. The van der Waals surface area contributed by atoms with Gasteiger partial charge in [0.15, 0.2) is 0 Å². The molecule has 8 heteroatoms. The van der Waals surface area contributed by atoms with Crippen molar-refractivity contribution in [1.29, 1.82) is 5.26 Å². The zero-order valence-corrected chi connectivity index (χ0v) is 18.2. The maximum Gasteiger partial charge on any atom is 0.235 e. The van der Waals surface area contributed by atoms with Crippen molar-refractivity contribution in [3.8, 4) is 6.07 Å². The van der Waals surface area contributed by atoms with Gasteiger partial charge < -0.3 is 5.32 Å². The third kappa shape index (κ3) is 3.79. The molecular formula is C20H20N4OS3. The molecule has 28 heavy (non-hydrogen) atoms. The molecule has 4 rings (SSSR count). The summed E-state index contributed by atoms with van der Waals surface area (Å²) in [7, 11) is 0. The molecule has 1 aliphatic carbocycles. The van der Waals surface area contributed by atoms with E-state index >= 15 is 0 Å². The molecule has 1 amide bonds. The van der Waals surface area contributed by atoms with E-state index in [-0.39, 0.29) is 11.7 Å². The molecule has 0 saturated heterocycles. The molecule has 1 N–H and O–H groups in total.